The first-order valence-electron chi connectivity index (χ1n) is 8.94. The number of hydrogen-bond acceptors (Lipinski definition) is 6. The van der Waals surface area contributed by atoms with Gasteiger partial charge in [0.15, 0.2) is 11.5 Å². The maximum Gasteiger partial charge on any atom is 0.340 e. The fourth-order valence-corrected chi connectivity index (χ4v) is 4.98. The van der Waals surface area contributed by atoms with E-state index in [0.29, 0.717) is 11.1 Å². The van der Waals surface area contributed by atoms with Crippen LogP contribution in [0.3, 0.4) is 0 Å². The molecule has 7 nitrogen and oxygen atoms in total. The molecule has 0 radical (unpaired) electrons. The van der Waals surface area contributed by atoms with Crippen molar-refractivity contribution in [1.82, 2.24) is 0 Å². The van der Waals surface area contributed by atoms with E-state index in [9.17, 15) is 13.2 Å². The van der Waals surface area contributed by atoms with Gasteiger partial charge in [0.05, 0.1) is 37.5 Å². The highest BCUT2D eigenvalue weighted by Gasteiger charge is 2.27. The quantitative estimate of drug-likeness (QED) is 0.713. The van der Waals surface area contributed by atoms with Crippen LogP contribution in [0.1, 0.15) is 38.2 Å². The van der Waals surface area contributed by atoms with Crippen molar-refractivity contribution in [2.24, 2.45) is 0 Å². The van der Waals surface area contributed by atoms with Crippen molar-refractivity contribution < 1.29 is 27.4 Å². The number of ether oxygens (including phenoxy) is 3. The summed E-state index contributed by atoms with van der Waals surface area (Å²) >= 11 is 0. The zero-order valence-corrected chi connectivity index (χ0v) is 18.8. The maximum atomic E-state index is 13.3. The monoisotopic (exact) mass is 421 g/mol. The SMILES string of the molecule is COC(=O)c1cc(OC)c(OC)cc1NS(=O)(=O)c1c(C)c(C)c(C)c(C)c1C. The number of benzene rings is 2. The Bertz CT molecular complexity index is 1040. The molecule has 0 unspecified atom stereocenters. The highest BCUT2D eigenvalue weighted by atomic mass is 32.2. The van der Waals surface area contributed by atoms with Crippen molar-refractivity contribution in [1.29, 1.82) is 0 Å². The Morgan fingerprint density at radius 1 is 0.793 bits per heavy atom. The average molecular weight is 422 g/mol. The number of esters is 1. The molecule has 0 aliphatic carbocycles. The largest absolute Gasteiger partial charge is 0.493 e. The zero-order valence-electron chi connectivity index (χ0n) is 18.0. The standard InChI is InChI=1S/C21H27NO6S/c1-11-12(2)14(4)20(15(5)13(11)3)29(24,25)22-17-10-19(27-7)18(26-6)9-16(17)21(23)28-8/h9-10,22H,1-8H3. The molecule has 0 fully saturated rings. The molecule has 158 valence electrons. The van der Waals surface area contributed by atoms with E-state index in [1.165, 1.54) is 33.5 Å². The van der Waals surface area contributed by atoms with Crippen LogP contribution in [-0.2, 0) is 14.8 Å². The Hall–Kier alpha value is -2.74. The Morgan fingerprint density at radius 3 is 1.69 bits per heavy atom. The van der Waals surface area contributed by atoms with Crippen molar-refractivity contribution >= 4 is 21.7 Å². The predicted octanol–water partition coefficient (Wildman–Crippen LogP) is 3.83. The first kappa shape index (κ1) is 22.5. The van der Waals surface area contributed by atoms with Crippen LogP contribution in [0.15, 0.2) is 17.0 Å². The molecule has 0 amide bonds. The van der Waals surface area contributed by atoms with E-state index in [0.717, 1.165) is 16.7 Å². The molecule has 8 heteroatoms. The van der Waals surface area contributed by atoms with Gasteiger partial charge in [-0.1, -0.05) is 0 Å². The molecule has 2 aromatic carbocycles. The van der Waals surface area contributed by atoms with E-state index >= 15 is 0 Å². The van der Waals surface area contributed by atoms with Crippen molar-refractivity contribution in [3.63, 3.8) is 0 Å². The minimum absolute atomic E-state index is 0.0181. The number of sulfonamides is 1. The van der Waals surface area contributed by atoms with E-state index in [1.807, 2.05) is 20.8 Å². The van der Waals surface area contributed by atoms with Crippen LogP contribution in [0.25, 0.3) is 0 Å². The molecule has 0 saturated carbocycles. The first-order chi connectivity index (χ1) is 13.5. The number of rotatable bonds is 6. The fraction of sp³-hybridized carbons (Fsp3) is 0.381. The number of hydrogen-bond donors (Lipinski definition) is 1. The molecular formula is C21H27NO6S. The van der Waals surface area contributed by atoms with E-state index in [-0.39, 0.29) is 27.6 Å². The molecule has 0 heterocycles. The summed E-state index contributed by atoms with van der Waals surface area (Å²) in [5, 5.41) is 0. The maximum absolute atomic E-state index is 13.3. The number of carbonyl (C=O) groups is 1. The summed E-state index contributed by atoms with van der Waals surface area (Å²) in [6, 6.07) is 2.79. The van der Waals surface area contributed by atoms with Gasteiger partial charge in [-0.25, -0.2) is 13.2 Å². The third kappa shape index (κ3) is 4.03. The lowest BCUT2D eigenvalue weighted by Gasteiger charge is -2.20. The lowest BCUT2D eigenvalue weighted by atomic mass is 9.95. The van der Waals surface area contributed by atoms with Crippen LogP contribution in [0.5, 0.6) is 11.5 Å². The highest BCUT2D eigenvalue weighted by Crippen LogP contribution is 2.36. The van der Waals surface area contributed by atoms with E-state index in [1.54, 1.807) is 13.8 Å². The second-order valence-corrected chi connectivity index (χ2v) is 8.42. The van der Waals surface area contributed by atoms with Crippen LogP contribution >= 0.6 is 0 Å². The number of methoxy groups -OCH3 is 3. The van der Waals surface area contributed by atoms with Crippen molar-refractivity contribution in [2.45, 2.75) is 39.5 Å². The molecule has 0 atom stereocenters. The number of nitrogens with one attached hydrogen (secondary N) is 1. The molecule has 2 rings (SSSR count). The van der Waals surface area contributed by atoms with Crippen LogP contribution < -0.4 is 14.2 Å². The predicted molar refractivity (Wildman–Crippen MR) is 112 cm³/mol. The molecule has 0 aromatic heterocycles. The van der Waals surface area contributed by atoms with E-state index in [4.69, 9.17) is 14.2 Å². The highest BCUT2D eigenvalue weighted by molar-refractivity contribution is 7.92. The van der Waals surface area contributed by atoms with Gasteiger partial charge < -0.3 is 14.2 Å². The molecule has 0 aliphatic rings. The van der Waals surface area contributed by atoms with Gasteiger partial charge in [0.2, 0.25) is 0 Å². The summed E-state index contributed by atoms with van der Waals surface area (Å²) < 4.78 is 44.5. The lowest BCUT2D eigenvalue weighted by Crippen LogP contribution is -2.20. The van der Waals surface area contributed by atoms with Crippen molar-refractivity contribution in [3.8, 4) is 11.5 Å². The average Bonchev–Trinajstić information content (AvgIpc) is 2.69. The van der Waals surface area contributed by atoms with Crippen LogP contribution in [0, 0.1) is 34.6 Å². The molecule has 2 aromatic rings. The van der Waals surface area contributed by atoms with Gasteiger partial charge in [0, 0.05) is 12.1 Å². The van der Waals surface area contributed by atoms with Gasteiger partial charge in [-0.2, -0.15) is 0 Å². The Labute approximate surface area is 172 Å². The Kier molecular flexibility index (Phi) is 6.47. The normalized spacial score (nSPS) is 11.2. The summed E-state index contributed by atoms with van der Waals surface area (Å²) in [6.07, 6.45) is 0. The molecule has 29 heavy (non-hydrogen) atoms. The minimum Gasteiger partial charge on any atom is -0.493 e. The second kappa shape index (κ2) is 8.32. The molecule has 0 spiro atoms. The third-order valence-corrected chi connectivity index (χ3v) is 7.01. The Morgan fingerprint density at radius 2 is 1.24 bits per heavy atom. The van der Waals surface area contributed by atoms with Gasteiger partial charge in [0.25, 0.3) is 10.0 Å². The molecular weight excluding hydrogens is 394 g/mol. The molecule has 0 bridgehead atoms. The summed E-state index contributed by atoms with van der Waals surface area (Å²) in [6.45, 7) is 9.31. The van der Waals surface area contributed by atoms with Gasteiger partial charge >= 0.3 is 5.97 Å². The second-order valence-electron chi connectivity index (χ2n) is 6.80. The summed E-state index contributed by atoms with van der Waals surface area (Å²) in [5.41, 5.74) is 4.27. The van der Waals surface area contributed by atoms with Gasteiger partial charge in [-0.3, -0.25) is 4.72 Å². The first-order valence-corrected chi connectivity index (χ1v) is 10.4. The van der Waals surface area contributed by atoms with Crippen LogP contribution in [0.2, 0.25) is 0 Å². The summed E-state index contributed by atoms with van der Waals surface area (Å²) in [4.78, 5) is 12.5. The number of anilines is 1. The fourth-order valence-electron chi connectivity index (χ4n) is 3.31. The topological polar surface area (TPSA) is 90.9 Å². The van der Waals surface area contributed by atoms with Crippen LogP contribution in [-0.4, -0.2) is 35.7 Å². The van der Waals surface area contributed by atoms with Crippen molar-refractivity contribution in [3.05, 3.63) is 45.5 Å². The Balaban J connectivity index is 2.72. The summed E-state index contributed by atoms with van der Waals surface area (Å²) in [5.74, 6) is -0.138. The minimum atomic E-state index is -4.00. The van der Waals surface area contributed by atoms with Gasteiger partial charge in [-0.15, -0.1) is 0 Å². The number of carbonyl (C=O) groups excluding carboxylic acids is 1. The van der Waals surface area contributed by atoms with E-state index < -0.39 is 16.0 Å². The molecule has 1 N–H and O–H groups in total. The van der Waals surface area contributed by atoms with E-state index in [2.05, 4.69) is 4.72 Å². The van der Waals surface area contributed by atoms with Gasteiger partial charge in [0.1, 0.15) is 0 Å². The van der Waals surface area contributed by atoms with Crippen LogP contribution in [0.4, 0.5) is 5.69 Å². The lowest BCUT2D eigenvalue weighted by molar-refractivity contribution is 0.0601. The third-order valence-electron chi connectivity index (χ3n) is 5.37. The van der Waals surface area contributed by atoms with Crippen molar-refractivity contribution in [2.75, 3.05) is 26.1 Å². The molecule has 0 saturated heterocycles. The zero-order chi connectivity index (χ0) is 22.1. The summed E-state index contributed by atoms with van der Waals surface area (Å²) in [7, 11) is 0.0706. The van der Waals surface area contributed by atoms with Gasteiger partial charge in [-0.05, 0) is 62.4 Å². The smallest absolute Gasteiger partial charge is 0.340 e. The molecule has 0 aliphatic heterocycles.